The topological polar surface area (TPSA) is 66.0 Å². The molecule has 174 valence electrons. The Bertz CT molecular complexity index is 1470. The number of aryl methyl sites for hydroxylation is 1. The van der Waals surface area contributed by atoms with Gasteiger partial charge in [-0.25, -0.2) is 0 Å². The molecule has 0 saturated heterocycles. The number of nitrogens with one attached hydrogen (secondary N) is 1. The summed E-state index contributed by atoms with van der Waals surface area (Å²) in [7, 11) is 0. The molecule has 4 heteroatoms. The number of fused-ring (bicyclic) bond motifs is 1. The number of hydrogen-bond donors (Lipinski definition) is 2. The Morgan fingerprint density at radius 1 is 0.943 bits per heavy atom. The fourth-order valence-electron chi connectivity index (χ4n) is 4.88. The molecule has 2 aromatic heterocycles. The highest BCUT2D eigenvalue weighted by Crippen LogP contribution is 2.34. The lowest BCUT2D eigenvalue weighted by atomic mass is 9.85. The predicted octanol–water partition coefficient (Wildman–Crippen LogP) is 6.77. The fraction of sp³-hybridized carbons (Fsp3) is 0.161. The average Bonchev–Trinajstić information content (AvgIpc) is 3.26. The molecule has 0 aliphatic heterocycles. The maximum absolute atomic E-state index is 13.4. The second-order valence-electron chi connectivity index (χ2n) is 9.10. The molecule has 2 heterocycles. The van der Waals surface area contributed by atoms with Gasteiger partial charge in [0, 0.05) is 47.6 Å². The molecular weight excluding hydrogens is 432 g/mol. The fourth-order valence-corrected chi connectivity index (χ4v) is 4.88. The Kier molecular flexibility index (Phi) is 6.44. The Morgan fingerprint density at radius 3 is 2.54 bits per heavy atom. The van der Waals surface area contributed by atoms with E-state index in [1.807, 2.05) is 54.9 Å². The molecule has 0 bridgehead atoms. The van der Waals surface area contributed by atoms with E-state index in [-0.39, 0.29) is 17.5 Å². The number of aromatic hydroxyl groups is 1. The average molecular weight is 461 g/mol. The Labute approximate surface area is 205 Å². The van der Waals surface area contributed by atoms with Crippen LogP contribution in [-0.2, 0) is 17.6 Å². The minimum atomic E-state index is -0.0562. The zero-order valence-corrected chi connectivity index (χ0v) is 19.7. The zero-order chi connectivity index (χ0) is 24.2. The number of benzene rings is 3. The molecule has 0 aliphatic rings. The van der Waals surface area contributed by atoms with Crippen LogP contribution < -0.4 is 0 Å². The Balaban J connectivity index is 1.48. The van der Waals surface area contributed by atoms with Gasteiger partial charge >= 0.3 is 0 Å². The molecule has 0 spiro atoms. The molecule has 5 rings (SSSR count). The van der Waals surface area contributed by atoms with Crippen LogP contribution in [0, 0.1) is 6.92 Å². The molecule has 5 aromatic rings. The van der Waals surface area contributed by atoms with Gasteiger partial charge in [0.1, 0.15) is 11.5 Å². The van der Waals surface area contributed by atoms with Crippen molar-refractivity contribution in [1.29, 1.82) is 0 Å². The van der Waals surface area contributed by atoms with Gasteiger partial charge in [0.15, 0.2) is 0 Å². The predicted molar refractivity (Wildman–Crippen MR) is 141 cm³/mol. The summed E-state index contributed by atoms with van der Waals surface area (Å²) in [6.07, 6.45) is 5.12. The lowest BCUT2D eigenvalue weighted by molar-refractivity contribution is -0.118. The van der Waals surface area contributed by atoms with E-state index in [9.17, 15) is 9.90 Å². The number of H-pyrrole nitrogens is 1. The lowest BCUT2D eigenvalue weighted by Gasteiger charge is -2.20. The number of aromatic nitrogens is 2. The third kappa shape index (κ3) is 5.02. The van der Waals surface area contributed by atoms with E-state index in [2.05, 4.69) is 42.2 Å². The van der Waals surface area contributed by atoms with Crippen molar-refractivity contribution in [2.75, 3.05) is 0 Å². The second-order valence-corrected chi connectivity index (χ2v) is 9.10. The molecule has 1 atom stereocenters. The largest absolute Gasteiger partial charge is 0.508 e. The van der Waals surface area contributed by atoms with Crippen molar-refractivity contribution < 1.29 is 9.90 Å². The number of phenolic OH excluding ortho intramolecular Hbond substituents is 1. The van der Waals surface area contributed by atoms with E-state index < -0.39 is 0 Å². The molecule has 0 fully saturated rings. The summed E-state index contributed by atoms with van der Waals surface area (Å²) in [5.41, 5.74) is 7.37. The summed E-state index contributed by atoms with van der Waals surface area (Å²) in [6.45, 7) is 2.11. The Hall–Kier alpha value is -4.18. The van der Waals surface area contributed by atoms with E-state index in [0.29, 0.717) is 12.8 Å². The molecule has 0 unspecified atom stereocenters. The van der Waals surface area contributed by atoms with E-state index in [4.69, 9.17) is 4.98 Å². The summed E-state index contributed by atoms with van der Waals surface area (Å²) in [4.78, 5) is 21.4. The molecule has 2 N–H and O–H groups in total. The summed E-state index contributed by atoms with van der Waals surface area (Å²) < 4.78 is 0. The number of pyridine rings is 1. The SMILES string of the molecule is Cc1ccccc1-c1cccnc1[C@H](CC(=O)Cc1c[nH]c2ccc(O)cc12)Cc1ccccc1. The van der Waals surface area contributed by atoms with Gasteiger partial charge in [0.05, 0.1) is 5.69 Å². The van der Waals surface area contributed by atoms with Crippen molar-refractivity contribution in [2.45, 2.75) is 32.1 Å². The van der Waals surface area contributed by atoms with Crippen LogP contribution in [0.3, 0.4) is 0 Å². The van der Waals surface area contributed by atoms with E-state index in [1.54, 1.807) is 12.1 Å². The summed E-state index contributed by atoms with van der Waals surface area (Å²) in [5.74, 6) is 0.292. The first-order chi connectivity index (χ1) is 17.1. The minimum absolute atomic E-state index is 0.0562. The number of nitrogens with zero attached hydrogens (tertiary/aromatic N) is 1. The number of aromatic amines is 1. The Morgan fingerprint density at radius 2 is 1.71 bits per heavy atom. The third-order valence-corrected chi connectivity index (χ3v) is 6.60. The summed E-state index contributed by atoms with van der Waals surface area (Å²) in [6, 6.07) is 27.9. The number of Topliss-reactive ketones (excluding diaryl/α,β-unsaturated/α-hetero) is 1. The van der Waals surface area contributed by atoms with Crippen molar-refractivity contribution in [1.82, 2.24) is 9.97 Å². The van der Waals surface area contributed by atoms with Crippen molar-refractivity contribution >= 4 is 16.7 Å². The highest BCUT2D eigenvalue weighted by atomic mass is 16.3. The summed E-state index contributed by atoms with van der Waals surface area (Å²) in [5, 5.41) is 10.8. The van der Waals surface area contributed by atoms with Crippen LogP contribution in [0.1, 0.15) is 34.7 Å². The van der Waals surface area contributed by atoms with Gasteiger partial charge in [-0.1, -0.05) is 60.7 Å². The van der Waals surface area contributed by atoms with Gasteiger partial charge in [0.25, 0.3) is 0 Å². The van der Waals surface area contributed by atoms with Crippen LogP contribution in [0.2, 0.25) is 0 Å². The number of hydrogen-bond acceptors (Lipinski definition) is 3. The number of ketones is 1. The van der Waals surface area contributed by atoms with Gasteiger partial charge < -0.3 is 10.1 Å². The van der Waals surface area contributed by atoms with Crippen LogP contribution in [0.4, 0.5) is 0 Å². The van der Waals surface area contributed by atoms with Crippen molar-refractivity contribution in [3.63, 3.8) is 0 Å². The highest BCUT2D eigenvalue weighted by molar-refractivity contribution is 5.90. The molecule has 3 aromatic carbocycles. The molecule has 0 amide bonds. The van der Waals surface area contributed by atoms with Crippen LogP contribution in [0.15, 0.2) is 97.3 Å². The molecular formula is C31H28N2O2. The molecule has 0 saturated carbocycles. The first-order valence-electron chi connectivity index (χ1n) is 11.9. The minimum Gasteiger partial charge on any atom is -0.508 e. The monoisotopic (exact) mass is 460 g/mol. The normalized spacial score (nSPS) is 12.0. The maximum atomic E-state index is 13.4. The van der Waals surface area contributed by atoms with Gasteiger partial charge in [-0.3, -0.25) is 9.78 Å². The molecule has 0 aliphatic carbocycles. The molecule has 4 nitrogen and oxygen atoms in total. The standard InChI is InChI=1S/C31H28N2O2/c1-21-8-5-6-11-27(21)28-12-7-15-32-31(28)23(16-22-9-3-2-4-10-22)17-26(35)18-24-20-33-30-14-13-25(34)19-29(24)30/h2-15,19-20,23,33-34H,16-18H2,1H3/t23-/m0/s1. The summed E-state index contributed by atoms with van der Waals surface area (Å²) >= 11 is 0. The molecule has 35 heavy (non-hydrogen) atoms. The van der Waals surface area contributed by atoms with E-state index >= 15 is 0 Å². The lowest BCUT2D eigenvalue weighted by Crippen LogP contribution is -2.14. The smallest absolute Gasteiger partial charge is 0.138 e. The van der Waals surface area contributed by atoms with Crippen LogP contribution in [0.5, 0.6) is 5.75 Å². The third-order valence-electron chi connectivity index (χ3n) is 6.60. The van der Waals surface area contributed by atoms with E-state index in [0.717, 1.165) is 39.7 Å². The van der Waals surface area contributed by atoms with Crippen LogP contribution >= 0.6 is 0 Å². The number of rotatable bonds is 8. The molecule has 0 radical (unpaired) electrons. The van der Waals surface area contributed by atoms with Crippen molar-refractivity contribution in [3.8, 4) is 16.9 Å². The van der Waals surface area contributed by atoms with Crippen LogP contribution in [-0.4, -0.2) is 20.9 Å². The van der Waals surface area contributed by atoms with Gasteiger partial charge in [-0.2, -0.15) is 0 Å². The highest BCUT2D eigenvalue weighted by Gasteiger charge is 2.23. The first kappa shape index (κ1) is 22.6. The van der Waals surface area contributed by atoms with Crippen LogP contribution in [0.25, 0.3) is 22.0 Å². The number of carbonyl (C=O) groups excluding carboxylic acids is 1. The van der Waals surface area contributed by atoms with Crippen molar-refractivity contribution in [3.05, 3.63) is 120 Å². The quantitative estimate of drug-likeness (QED) is 0.268. The van der Waals surface area contributed by atoms with E-state index in [1.165, 1.54) is 11.1 Å². The first-order valence-corrected chi connectivity index (χ1v) is 11.9. The van der Waals surface area contributed by atoms with Crippen molar-refractivity contribution in [2.24, 2.45) is 0 Å². The number of phenols is 1. The zero-order valence-electron chi connectivity index (χ0n) is 19.7. The van der Waals surface area contributed by atoms with Gasteiger partial charge in [0.2, 0.25) is 0 Å². The van der Waals surface area contributed by atoms with Gasteiger partial charge in [-0.05, 0) is 59.9 Å². The second kappa shape index (κ2) is 9.98. The maximum Gasteiger partial charge on any atom is 0.138 e. The number of carbonyl (C=O) groups is 1. The van der Waals surface area contributed by atoms with Gasteiger partial charge in [-0.15, -0.1) is 0 Å².